The quantitative estimate of drug-likeness (QED) is 0.218. The van der Waals surface area contributed by atoms with Gasteiger partial charge in [0, 0.05) is 0 Å². The van der Waals surface area contributed by atoms with E-state index >= 15 is 0 Å². The van der Waals surface area contributed by atoms with E-state index in [9.17, 15) is 0 Å². The minimum absolute atomic E-state index is 0. The van der Waals surface area contributed by atoms with Crippen molar-refractivity contribution in [3.05, 3.63) is 29.1 Å². The second kappa shape index (κ2) is 8.10. The number of rotatable bonds is 1. The Balaban J connectivity index is 0.000000330. The Morgan fingerprint density at radius 1 is 1.62 bits per heavy atom. The van der Waals surface area contributed by atoms with Crippen LogP contribution in [0.5, 0.6) is 0 Å². The van der Waals surface area contributed by atoms with Crippen LogP contribution in [0.3, 0.4) is 0 Å². The topological polar surface area (TPSA) is 83.0 Å². The van der Waals surface area contributed by atoms with Crippen LogP contribution in [0.2, 0.25) is 0 Å². The molecule has 0 unspecified atom stereocenters. The molecule has 78 valence electrons. The predicted octanol–water partition coefficient (Wildman–Crippen LogP) is -1.60. The Morgan fingerprint density at radius 3 is 2.75 bits per heavy atom. The molecule has 2 N–H and O–H groups in total. The van der Waals surface area contributed by atoms with Crippen LogP contribution in [0.4, 0.5) is 0 Å². The fraction of sp³-hybridized carbons (Fsp3) is 0. The fourth-order valence-corrected chi connectivity index (χ4v) is 1.33. The van der Waals surface area contributed by atoms with Crippen LogP contribution >= 0.6 is 15.9 Å². The molecule has 0 atom stereocenters. The van der Waals surface area contributed by atoms with Crippen LogP contribution in [0.25, 0.3) is 10.9 Å². The maximum Gasteiger partial charge on any atom is 1.00 e. The van der Waals surface area contributed by atoms with Crippen molar-refractivity contribution in [1.82, 2.24) is 9.97 Å². The molecule has 0 bridgehead atoms. The van der Waals surface area contributed by atoms with Crippen molar-refractivity contribution in [2.24, 2.45) is 0 Å². The fourth-order valence-electron chi connectivity index (χ4n) is 0.880. The molecule has 5 nitrogen and oxygen atoms in total. The number of carboxylic acids is 1. The number of pyridine rings is 1. The molecule has 7 heteroatoms. The smallest absolute Gasteiger partial charge is 0.476 e. The van der Waals surface area contributed by atoms with E-state index in [-0.39, 0.29) is 57.7 Å². The van der Waals surface area contributed by atoms with E-state index in [1.165, 1.54) is 0 Å². The zero-order valence-electron chi connectivity index (χ0n) is 8.40. The Hall–Kier alpha value is -0.0536. The van der Waals surface area contributed by atoms with Gasteiger partial charge in [-0.05, 0) is 27.6 Å². The van der Waals surface area contributed by atoms with Gasteiger partial charge in [0.05, 0.1) is 4.60 Å². The van der Waals surface area contributed by atoms with Crippen molar-refractivity contribution >= 4 is 39.1 Å². The summed E-state index contributed by atoms with van der Waals surface area (Å²) in [6.07, 6.45) is 3.36. The van der Waals surface area contributed by atoms with Crippen molar-refractivity contribution in [3.8, 4) is 0 Å². The summed E-state index contributed by atoms with van der Waals surface area (Å²) < 4.78 is 0.839. The van der Waals surface area contributed by atoms with E-state index in [1.807, 2.05) is 6.07 Å². The largest absolute Gasteiger partial charge is 1.00 e. The van der Waals surface area contributed by atoms with Gasteiger partial charge in [-0.15, -0.1) is 6.07 Å². The van der Waals surface area contributed by atoms with Crippen molar-refractivity contribution in [3.63, 3.8) is 0 Å². The molecule has 0 aromatic carbocycles. The van der Waals surface area contributed by atoms with Gasteiger partial charge in [0.1, 0.15) is 0 Å². The Labute approximate surface area is 142 Å². The van der Waals surface area contributed by atoms with Gasteiger partial charge in [0.15, 0.2) is 0 Å². The number of aliphatic carboxylic acids is 1. The molecule has 16 heavy (non-hydrogen) atoms. The van der Waals surface area contributed by atoms with Gasteiger partial charge in [0.2, 0.25) is 6.29 Å². The molecule has 2 aromatic rings. The third kappa shape index (κ3) is 4.85. The van der Waals surface area contributed by atoms with Gasteiger partial charge in [-0.25, -0.2) is 4.79 Å². The molecular formula is C9H6BrKN2O3. The molecular weight excluding hydrogens is 303 g/mol. The van der Waals surface area contributed by atoms with E-state index in [4.69, 9.17) is 14.7 Å². The second-order valence-corrected chi connectivity index (χ2v) is 3.16. The SMILES string of the molecule is Brc1nccc2[c-]c[nH]c12.O=CC(=O)O.[K+]. The molecule has 2 aromatic heterocycles. The van der Waals surface area contributed by atoms with Gasteiger partial charge in [0.25, 0.3) is 0 Å². The first kappa shape index (κ1) is 15.9. The average molecular weight is 309 g/mol. The number of hydrogen-bond acceptors (Lipinski definition) is 3. The molecule has 0 amide bonds. The molecule has 2 rings (SSSR count). The van der Waals surface area contributed by atoms with Crippen LogP contribution < -0.4 is 51.4 Å². The van der Waals surface area contributed by atoms with Gasteiger partial charge in [-0.3, -0.25) is 9.78 Å². The normalized spacial score (nSPS) is 8.56. The van der Waals surface area contributed by atoms with E-state index in [0.29, 0.717) is 0 Å². The molecule has 0 saturated carbocycles. The molecule has 0 radical (unpaired) electrons. The van der Waals surface area contributed by atoms with Gasteiger partial charge in [-0.2, -0.15) is 11.5 Å². The molecule has 2 heterocycles. The Morgan fingerprint density at radius 2 is 2.25 bits per heavy atom. The molecule has 0 spiro atoms. The summed E-state index contributed by atoms with van der Waals surface area (Å²) in [5, 5.41) is 8.41. The number of carbonyl (C=O) groups is 2. The third-order valence-electron chi connectivity index (χ3n) is 1.45. The number of hydrogen-bond donors (Lipinski definition) is 2. The zero-order valence-corrected chi connectivity index (χ0v) is 13.1. The summed E-state index contributed by atoms with van der Waals surface area (Å²) >= 11 is 3.31. The first-order valence-electron chi connectivity index (χ1n) is 3.82. The van der Waals surface area contributed by atoms with Crippen LogP contribution in [0, 0.1) is 6.07 Å². The van der Waals surface area contributed by atoms with Crippen LogP contribution in [0.15, 0.2) is 23.1 Å². The number of aldehydes is 1. The molecule has 0 aliphatic carbocycles. The summed E-state index contributed by atoms with van der Waals surface area (Å²) in [5.41, 5.74) is 1.00. The molecule has 0 saturated heterocycles. The minimum Gasteiger partial charge on any atom is -0.476 e. The molecule has 0 fully saturated rings. The van der Waals surface area contributed by atoms with E-state index in [2.05, 4.69) is 32.0 Å². The number of nitrogens with one attached hydrogen (secondary N) is 1. The maximum atomic E-state index is 9.00. The summed E-state index contributed by atoms with van der Waals surface area (Å²) in [6, 6.07) is 4.95. The molecule has 0 aliphatic heterocycles. The zero-order chi connectivity index (χ0) is 11.3. The second-order valence-electron chi connectivity index (χ2n) is 2.41. The summed E-state index contributed by atoms with van der Waals surface area (Å²) in [7, 11) is 0. The number of fused-ring (bicyclic) bond motifs is 1. The summed E-state index contributed by atoms with van der Waals surface area (Å²) in [6.45, 7) is 0. The molecule has 0 aliphatic rings. The van der Waals surface area contributed by atoms with Crippen LogP contribution in [-0.2, 0) is 9.59 Å². The van der Waals surface area contributed by atoms with Crippen LogP contribution in [0.1, 0.15) is 0 Å². The van der Waals surface area contributed by atoms with Crippen molar-refractivity contribution in [2.75, 3.05) is 0 Å². The van der Waals surface area contributed by atoms with Crippen molar-refractivity contribution < 1.29 is 66.1 Å². The monoisotopic (exact) mass is 308 g/mol. The first-order valence-corrected chi connectivity index (χ1v) is 4.62. The number of H-pyrrole nitrogens is 1. The third-order valence-corrected chi connectivity index (χ3v) is 2.05. The number of aromatic nitrogens is 2. The average Bonchev–Trinajstić information content (AvgIpc) is 2.68. The number of nitrogens with zero attached hydrogens (tertiary/aromatic N) is 1. The number of aromatic amines is 1. The maximum absolute atomic E-state index is 9.00. The van der Waals surface area contributed by atoms with Gasteiger partial charge >= 0.3 is 57.4 Å². The van der Waals surface area contributed by atoms with E-state index in [0.717, 1.165) is 15.5 Å². The predicted molar refractivity (Wildman–Crippen MR) is 56.3 cm³/mol. The summed E-state index contributed by atoms with van der Waals surface area (Å²) in [5.74, 6) is -1.43. The Bertz CT molecular complexity index is 486. The van der Waals surface area contributed by atoms with Gasteiger partial charge < -0.3 is 10.1 Å². The van der Waals surface area contributed by atoms with Crippen molar-refractivity contribution in [1.29, 1.82) is 0 Å². The summed E-state index contributed by atoms with van der Waals surface area (Å²) in [4.78, 5) is 25.0. The van der Waals surface area contributed by atoms with E-state index < -0.39 is 5.97 Å². The number of carbonyl (C=O) groups excluding carboxylic acids is 1. The standard InChI is InChI=1S/C7H4BrN2.C2H2O3.K/c8-7-6-5(1-3-9-6)2-4-10-7;3-1-2(4)5;/h2-4,9H;1H,(H,4,5);/q-1;;+1. The van der Waals surface area contributed by atoms with Gasteiger partial charge in [-0.1, -0.05) is 6.20 Å². The van der Waals surface area contributed by atoms with E-state index in [1.54, 1.807) is 12.4 Å². The number of halogens is 1. The first-order chi connectivity index (χ1) is 7.15. The van der Waals surface area contributed by atoms with Crippen molar-refractivity contribution in [2.45, 2.75) is 0 Å². The number of carboxylic acid groups (broad SMARTS) is 1. The minimum atomic E-state index is -1.43. The van der Waals surface area contributed by atoms with Crippen LogP contribution in [-0.4, -0.2) is 27.3 Å². The Kier molecular flexibility index (Phi) is 8.07.